The highest BCUT2D eigenvalue weighted by Gasteiger charge is 2.20. The van der Waals surface area contributed by atoms with Gasteiger partial charge in [-0.2, -0.15) is 0 Å². The number of hydrogen-bond donors (Lipinski definition) is 0. The second-order valence-electron chi connectivity index (χ2n) is 6.04. The van der Waals surface area contributed by atoms with Crippen LogP contribution in [0.4, 0.5) is 0 Å². The van der Waals surface area contributed by atoms with Gasteiger partial charge >= 0.3 is 5.97 Å². The Bertz CT molecular complexity index is 898. The van der Waals surface area contributed by atoms with Gasteiger partial charge in [0.25, 0.3) is 0 Å². The van der Waals surface area contributed by atoms with Gasteiger partial charge in [0.1, 0.15) is 12.4 Å². The normalized spacial score (nSPS) is 11.8. The largest absolute Gasteiger partial charge is 0.490 e. The molecule has 0 aliphatic heterocycles. The van der Waals surface area contributed by atoms with Gasteiger partial charge < -0.3 is 14.0 Å². The van der Waals surface area contributed by atoms with E-state index in [0.29, 0.717) is 17.1 Å². The average molecular weight is 497 g/mol. The number of carbonyl (C=O) groups is 1. The zero-order chi connectivity index (χ0) is 19.2. The van der Waals surface area contributed by atoms with E-state index in [1.807, 2.05) is 48.0 Å². The Kier molecular flexibility index (Phi) is 6.73. The first-order chi connectivity index (χ1) is 13.0. The van der Waals surface area contributed by atoms with Gasteiger partial charge in [-0.25, -0.2) is 9.78 Å². The quantitative estimate of drug-likeness (QED) is 0.350. The van der Waals surface area contributed by atoms with Crippen molar-refractivity contribution in [1.82, 2.24) is 9.55 Å². The molecule has 5 nitrogen and oxygen atoms in total. The van der Waals surface area contributed by atoms with Gasteiger partial charge in [0.2, 0.25) is 0 Å². The summed E-state index contributed by atoms with van der Waals surface area (Å²) in [7, 11) is 0. The van der Waals surface area contributed by atoms with Gasteiger partial charge in [0, 0.05) is 16.0 Å². The predicted octanol–water partition coefficient (Wildman–Crippen LogP) is 4.75. The number of ether oxygens (including phenoxy) is 2. The van der Waals surface area contributed by atoms with E-state index in [9.17, 15) is 4.79 Å². The van der Waals surface area contributed by atoms with Crippen LogP contribution in [0.2, 0.25) is 5.02 Å². The van der Waals surface area contributed by atoms with Crippen molar-refractivity contribution in [2.24, 2.45) is 0 Å². The summed E-state index contributed by atoms with van der Waals surface area (Å²) < 4.78 is 14.4. The molecule has 3 rings (SSSR count). The molecule has 1 aromatic heterocycles. The number of rotatable bonds is 7. The van der Waals surface area contributed by atoms with Crippen molar-refractivity contribution in [2.45, 2.75) is 19.6 Å². The van der Waals surface area contributed by atoms with Gasteiger partial charge in [-0.1, -0.05) is 17.7 Å². The minimum Gasteiger partial charge on any atom is -0.490 e. The molecule has 0 radical (unpaired) electrons. The van der Waals surface area contributed by atoms with E-state index in [0.717, 1.165) is 14.9 Å². The summed E-state index contributed by atoms with van der Waals surface area (Å²) in [6, 6.07) is 12.9. The van der Waals surface area contributed by atoms with E-state index in [1.165, 1.54) is 0 Å². The lowest BCUT2D eigenvalue weighted by Crippen LogP contribution is -2.29. The van der Waals surface area contributed by atoms with E-state index in [4.69, 9.17) is 21.1 Å². The molecule has 0 saturated carbocycles. The zero-order valence-corrected chi connectivity index (χ0v) is 17.6. The molecule has 0 amide bonds. The fraction of sp³-hybridized carbons (Fsp3) is 0.200. The van der Waals surface area contributed by atoms with Crippen LogP contribution < -0.4 is 4.74 Å². The number of aromatic nitrogens is 2. The molecule has 1 atom stereocenters. The molecule has 3 aromatic rings. The minimum atomic E-state index is -0.497. The second-order valence-corrected chi connectivity index (χ2v) is 7.69. The van der Waals surface area contributed by atoms with Crippen molar-refractivity contribution in [3.05, 3.63) is 80.9 Å². The summed E-state index contributed by atoms with van der Waals surface area (Å²) in [5.41, 5.74) is 1.32. The molecule has 7 heteroatoms. The van der Waals surface area contributed by atoms with Crippen molar-refractivity contribution in [3.8, 4) is 5.75 Å². The fourth-order valence-corrected chi connectivity index (χ4v) is 3.15. The molecule has 0 N–H and O–H groups in total. The summed E-state index contributed by atoms with van der Waals surface area (Å²) in [6.45, 7) is 2.56. The highest BCUT2D eigenvalue weighted by Crippen LogP contribution is 2.20. The monoisotopic (exact) mass is 496 g/mol. The third kappa shape index (κ3) is 5.71. The van der Waals surface area contributed by atoms with E-state index >= 15 is 0 Å². The van der Waals surface area contributed by atoms with Gasteiger partial charge in [0.05, 0.1) is 23.5 Å². The molecule has 0 spiro atoms. The Labute approximate surface area is 176 Å². The number of carbonyl (C=O) groups excluding carboxylic acids is 1. The lowest BCUT2D eigenvalue weighted by atomic mass is 10.1. The van der Waals surface area contributed by atoms with Crippen molar-refractivity contribution >= 4 is 40.2 Å². The highest BCUT2D eigenvalue weighted by atomic mass is 127. The molecule has 0 unspecified atom stereocenters. The molecule has 140 valence electrons. The second kappa shape index (κ2) is 9.23. The SMILES string of the molecule is Cc1ccc(C(=O)O[C@@H](COc2ccc(I)cc2)Cn2ccnc2)c(Cl)c1. The van der Waals surface area contributed by atoms with Crippen LogP contribution in [0.3, 0.4) is 0 Å². The lowest BCUT2D eigenvalue weighted by molar-refractivity contribution is 0.0125. The third-order valence-corrected chi connectivity index (χ3v) is 4.87. The van der Waals surface area contributed by atoms with Gasteiger partial charge in [-0.15, -0.1) is 0 Å². The van der Waals surface area contributed by atoms with Crippen LogP contribution in [0, 0.1) is 10.5 Å². The summed E-state index contributed by atoms with van der Waals surface area (Å²) in [5, 5.41) is 0.375. The first-order valence-corrected chi connectivity index (χ1v) is 9.78. The molecule has 0 saturated heterocycles. The van der Waals surface area contributed by atoms with Crippen molar-refractivity contribution < 1.29 is 14.3 Å². The Morgan fingerprint density at radius 3 is 2.70 bits per heavy atom. The summed E-state index contributed by atoms with van der Waals surface area (Å²) in [6.07, 6.45) is 4.66. The molecule has 0 bridgehead atoms. The number of esters is 1. The Morgan fingerprint density at radius 1 is 1.26 bits per heavy atom. The van der Waals surface area contributed by atoms with Crippen LogP contribution in [-0.4, -0.2) is 28.2 Å². The molecule has 1 heterocycles. The maximum atomic E-state index is 12.6. The molecule has 27 heavy (non-hydrogen) atoms. The molecular weight excluding hydrogens is 479 g/mol. The standard InChI is InChI=1S/C20H18ClIN2O3/c1-14-2-7-18(19(21)10-14)20(25)27-17(11-24-9-8-23-13-24)12-26-16-5-3-15(22)4-6-16/h2-10,13,17H,11-12H2,1H3/t17-/m1/s1. The Hall–Kier alpha value is -2.06. The molecule has 0 fully saturated rings. The van der Waals surface area contributed by atoms with E-state index < -0.39 is 12.1 Å². The van der Waals surface area contributed by atoms with Crippen molar-refractivity contribution in [3.63, 3.8) is 0 Å². The Morgan fingerprint density at radius 2 is 2.04 bits per heavy atom. The maximum Gasteiger partial charge on any atom is 0.340 e. The first-order valence-electron chi connectivity index (χ1n) is 8.32. The zero-order valence-electron chi connectivity index (χ0n) is 14.6. The van der Waals surface area contributed by atoms with Gasteiger partial charge in [-0.05, 0) is 71.5 Å². The van der Waals surface area contributed by atoms with Crippen molar-refractivity contribution in [2.75, 3.05) is 6.61 Å². The van der Waals surface area contributed by atoms with Crippen LogP contribution in [0.15, 0.2) is 61.2 Å². The van der Waals surface area contributed by atoms with E-state index in [2.05, 4.69) is 27.6 Å². The van der Waals surface area contributed by atoms with Crippen LogP contribution in [-0.2, 0) is 11.3 Å². The van der Waals surface area contributed by atoms with Gasteiger partial charge in [0.15, 0.2) is 6.10 Å². The lowest BCUT2D eigenvalue weighted by Gasteiger charge is -2.19. The molecule has 2 aromatic carbocycles. The Balaban J connectivity index is 1.70. The number of nitrogens with zero attached hydrogens (tertiary/aromatic N) is 2. The van der Waals surface area contributed by atoms with E-state index in [1.54, 1.807) is 24.7 Å². The number of halogens is 2. The van der Waals surface area contributed by atoms with Crippen LogP contribution >= 0.6 is 34.2 Å². The molecular formula is C20H18ClIN2O3. The van der Waals surface area contributed by atoms with Crippen LogP contribution in [0.25, 0.3) is 0 Å². The summed E-state index contributed by atoms with van der Waals surface area (Å²) in [5.74, 6) is 0.242. The number of hydrogen-bond acceptors (Lipinski definition) is 4. The number of benzene rings is 2. The number of aryl methyl sites for hydroxylation is 1. The topological polar surface area (TPSA) is 53.4 Å². The summed E-state index contributed by atoms with van der Waals surface area (Å²) in [4.78, 5) is 16.6. The first kappa shape index (κ1) is 19.7. The van der Waals surface area contributed by atoms with Crippen molar-refractivity contribution in [1.29, 1.82) is 0 Å². The third-order valence-electron chi connectivity index (χ3n) is 3.84. The predicted molar refractivity (Wildman–Crippen MR) is 112 cm³/mol. The minimum absolute atomic E-state index is 0.216. The average Bonchev–Trinajstić information content (AvgIpc) is 3.14. The number of imidazole rings is 1. The highest BCUT2D eigenvalue weighted by molar-refractivity contribution is 14.1. The molecule has 0 aliphatic carbocycles. The van der Waals surface area contributed by atoms with Crippen LogP contribution in [0.5, 0.6) is 5.75 Å². The maximum absolute atomic E-state index is 12.6. The van der Waals surface area contributed by atoms with Gasteiger partial charge in [-0.3, -0.25) is 0 Å². The smallest absolute Gasteiger partial charge is 0.340 e. The van der Waals surface area contributed by atoms with E-state index in [-0.39, 0.29) is 6.61 Å². The molecule has 0 aliphatic rings. The fourth-order valence-electron chi connectivity index (χ4n) is 2.47. The van der Waals surface area contributed by atoms with Crippen LogP contribution in [0.1, 0.15) is 15.9 Å². The summed E-state index contributed by atoms with van der Waals surface area (Å²) >= 11 is 8.42.